The fourth-order valence-electron chi connectivity index (χ4n) is 2.72. The van der Waals surface area contributed by atoms with Crippen molar-refractivity contribution in [3.8, 4) is 11.5 Å². The van der Waals surface area contributed by atoms with Crippen LogP contribution in [-0.4, -0.2) is 25.1 Å². The molecule has 1 N–H and O–H groups in total. The monoisotopic (exact) mass is 419 g/mol. The van der Waals surface area contributed by atoms with Gasteiger partial charge in [0.15, 0.2) is 13.2 Å². The van der Waals surface area contributed by atoms with E-state index in [0.29, 0.717) is 23.8 Å². The molecule has 0 aliphatic heterocycles. The molecule has 0 bridgehead atoms. The van der Waals surface area contributed by atoms with E-state index in [9.17, 15) is 9.59 Å². The van der Waals surface area contributed by atoms with Gasteiger partial charge in [0, 0.05) is 5.69 Å². The van der Waals surface area contributed by atoms with E-state index in [1.807, 2.05) is 42.5 Å². The molecule has 3 aromatic carbocycles. The molecule has 0 fully saturated rings. The Balaban J connectivity index is 1.36. The summed E-state index contributed by atoms with van der Waals surface area (Å²) in [6.07, 6.45) is 0.931. The van der Waals surface area contributed by atoms with Gasteiger partial charge in [0.25, 0.3) is 5.91 Å². The summed E-state index contributed by atoms with van der Waals surface area (Å²) in [4.78, 5) is 23.8. The standard InChI is InChI=1S/C25H25NO5/c1-2-19-8-12-22(13-9-19)30-18-25(28)31-17-24(27)26-21-10-14-23(15-11-21)29-16-20-6-4-3-5-7-20/h3-15H,2,16-18H2,1H3,(H,26,27). The Morgan fingerprint density at radius 1 is 0.742 bits per heavy atom. The largest absolute Gasteiger partial charge is 0.489 e. The number of hydrogen-bond donors (Lipinski definition) is 1. The summed E-state index contributed by atoms with van der Waals surface area (Å²) in [5, 5.41) is 2.67. The van der Waals surface area contributed by atoms with E-state index in [0.717, 1.165) is 12.0 Å². The van der Waals surface area contributed by atoms with Gasteiger partial charge in [-0.2, -0.15) is 0 Å². The molecule has 0 aliphatic carbocycles. The van der Waals surface area contributed by atoms with Crippen molar-refractivity contribution in [1.82, 2.24) is 0 Å². The molecule has 0 spiro atoms. The minimum atomic E-state index is -0.612. The quantitative estimate of drug-likeness (QED) is 0.494. The molecule has 0 unspecified atom stereocenters. The zero-order valence-corrected chi connectivity index (χ0v) is 17.4. The summed E-state index contributed by atoms with van der Waals surface area (Å²) in [5.41, 5.74) is 2.84. The summed E-state index contributed by atoms with van der Waals surface area (Å²) < 4.78 is 16.0. The Morgan fingerprint density at radius 2 is 1.39 bits per heavy atom. The number of carbonyl (C=O) groups excluding carboxylic acids is 2. The second kappa shape index (κ2) is 11.4. The SMILES string of the molecule is CCc1ccc(OCC(=O)OCC(=O)Nc2ccc(OCc3ccccc3)cc2)cc1. The number of hydrogen-bond acceptors (Lipinski definition) is 5. The second-order valence-electron chi connectivity index (χ2n) is 6.79. The third-order valence-corrected chi connectivity index (χ3v) is 4.44. The number of ether oxygens (including phenoxy) is 3. The lowest BCUT2D eigenvalue weighted by Gasteiger charge is -2.09. The topological polar surface area (TPSA) is 73.9 Å². The Bertz CT molecular complexity index is 969. The average molecular weight is 419 g/mol. The summed E-state index contributed by atoms with van der Waals surface area (Å²) in [6.45, 7) is 1.88. The van der Waals surface area contributed by atoms with Crippen molar-refractivity contribution in [2.45, 2.75) is 20.0 Å². The number of aryl methyl sites for hydroxylation is 1. The summed E-state index contributed by atoms with van der Waals surface area (Å²) in [7, 11) is 0. The summed E-state index contributed by atoms with van der Waals surface area (Å²) in [6, 6.07) is 24.3. The molecule has 0 saturated heterocycles. The Labute approximate surface area is 181 Å². The number of nitrogens with one attached hydrogen (secondary N) is 1. The molecule has 0 saturated carbocycles. The van der Waals surface area contributed by atoms with Crippen molar-refractivity contribution in [2.24, 2.45) is 0 Å². The van der Waals surface area contributed by atoms with Crippen LogP contribution < -0.4 is 14.8 Å². The highest BCUT2D eigenvalue weighted by Gasteiger charge is 2.09. The molecule has 0 aromatic heterocycles. The molecule has 0 heterocycles. The third-order valence-electron chi connectivity index (χ3n) is 4.44. The van der Waals surface area contributed by atoms with Crippen LogP contribution in [0.4, 0.5) is 5.69 Å². The molecule has 31 heavy (non-hydrogen) atoms. The molecule has 0 radical (unpaired) electrons. The van der Waals surface area contributed by atoms with Gasteiger partial charge in [-0.1, -0.05) is 49.4 Å². The second-order valence-corrected chi connectivity index (χ2v) is 6.79. The maximum Gasteiger partial charge on any atom is 0.344 e. The first-order valence-electron chi connectivity index (χ1n) is 10.1. The lowest BCUT2D eigenvalue weighted by molar-refractivity contribution is -0.149. The fraction of sp³-hybridized carbons (Fsp3) is 0.200. The van der Waals surface area contributed by atoms with Gasteiger partial charge in [-0.25, -0.2) is 4.79 Å². The first-order chi connectivity index (χ1) is 15.1. The van der Waals surface area contributed by atoms with E-state index in [2.05, 4.69) is 12.2 Å². The van der Waals surface area contributed by atoms with Crippen molar-refractivity contribution in [3.63, 3.8) is 0 Å². The summed E-state index contributed by atoms with van der Waals surface area (Å²) >= 11 is 0. The Morgan fingerprint density at radius 3 is 2.06 bits per heavy atom. The smallest absolute Gasteiger partial charge is 0.344 e. The highest BCUT2D eigenvalue weighted by molar-refractivity contribution is 5.92. The van der Waals surface area contributed by atoms with E-state index in [-0.39, 0.29) is 13.2 Å². The molecular weight excluding hydrogens is 394 g/mol. The van der Waals surface area contributed by atoms with Crippen LogP contribution in [0.25, 0.3) is 0 Å². The molecule has 3 aromatic rings. The van der Waals surface area contributed by atoms with E-state index >= 15 is 0 Å². The molecule has 0 aliphatic rings. The number of rotatable bonds is 10. The lowest BCUT2D eigenvalue weighted by Crippen LogP contribution is -2.23. The van der Waals surface area contributed by atoms with E-state index in [4.69, 9.17) is 14.2 Å². The maximum atomic E-state index is 12.0. The van der Waals surface area contributed by atoms with Crippen LogP contribution in [0.15, 0.2) is 78.9 Å². The molecular formula is C25H25NO5. The van der Waals surface area contributed by atoms with Crippen LogP contribution in [0.5, 0.6) is 11.5 Å². The van der Waals surface area contributed by atoms with Gasteiger partial charge >= 0.3 is 5.97 Å². The van der Waals surface area contributed by atoms with Crippen LogP contribution in [0.1, 0.15) is 18.1 Å². The van der Waals surface area contributed by atoms with Gasteiger partial charge in [0.2, 0.25) is 0 Å². The Kier molecular flexibility index (Phi) is 8.05. The van der Waals surface area contributed by atoms with Crippen molar-refractivity contribution in [3.05, 3.63) is 90.0 Å². The Hall–Kier alpha value is -3.80. The third kappa shape index (κ3) is 7.51. The average Bonchev–Trinajstić information content (AvgIpc) is 2.82. The molecule has 0 atom stereocenters. The number of anilines is 1. The predicted octanol–water partition coefficient (Wildman–Crippen LogP) is 4.39. The zero-order chi connectivity index (χ0) is 21.9. The molecule has 3 rings (SSSR count). The van der Waals surface area contributed by atoms with Gasteiger partial charge in [-0.3, -0.25) is 4.79 Å². The fourth-order valence-corrected chi connectivity index (χ4v) is 2.72. The van der Waals surface area contributed by atoms with Crippen LogP contribution in [-0.2, 0) is 27.4 Å². The van der Waals surface area contributed by atoms with Crippen molar-refractivity contribution in [2.75, 3.05) is 18.5 Å². The van der Waals surface area contributed by atoms with Gasteiger partial charge in [0.1, 0.15) is 18.1 Å². The van der Waals surface area contributed by atoms with Crippen LogP contribution >= 0.6 is 0 Å². The molecule has 160 valence electrons. The number of carbonyl (C=O) groups is 2. The summed E-state index contributed by atoms with van der Waals surface area (Å²) in [5.74, 6) is 0.226. The van der Waals surface area contributed by atoms with Crippen molar-refractivity contribution in [1.29, 1.82) is 0 Å². The molecule has 6 heteroatoms. The maximum absolute atomic E-state index is 12.0. The molecule has 6 nitrogen and oxygen atoms in total. The van der Waals surface area contributed by atoms with Gasteiger partial charge in [-0.15, -0.1) is 0 Å². The van der Waals surface area contributed by atoms with Crippen LogP contribution in [0.3, 0.4) is 0 Å². The van der Waals surface area contributed by atoms with Crippen LogP contribution in [0.2, 0.25) is 0 Å². The van der Waals surface area contributed by atoms with E-state index < -0.39 is 11.9 Å². The zero-order valence-electron chi connectivity index (χ0n) is 17.4. The van der Waals surface area contributed by atoms with Gasteiger partial charge in [0.05, 0.1) is 0 Å². The number of esters is 1. The van der Waals surface area contributed by atoms with Gasteiger partial charge < -0.3 is 19.5 Å². The molecule has 1 amide bonds. The van der Waals surface area contributed by atoms with E-state index in [1.165, 1.54) is 5.56 Å². The van der Waals surface area contributed by atoms with Gasteiger partial charge in [-0.05, 0) is 53.9 Å². The first kappa shape index (κ1) is 21.9. The number of benzene rings is 3. The number of amides is 1. The minimum Gasteiger partial charge on any atom is -0.489 e. The van der Waals surface area contributed by atoms with Crippen LogP contribution in [0, 0.1) is 0 Å². The van der Waals surface area contributed by atoms with E-state index in [1.54, 1.807) is 36.4 Å². The minimum absolute atomic E-state index is 0.258. The highest BCUT2D eigenvalue weighted by atomic mass is 16.6. The van der Waals surface area contributed by atoms with Crippen molar-refractivity contribution >= 4 is 17.6 Å². The lowest BCUT2D eigenvalue weighted by atomic mass is 10.2. The highest BCUT2D eigenvalue weighted by Crippen LogP contribution is 2.17. The predicted molar refractivity (Wildman–Crippen MR) is 118 cm³/mol. The first-order valence-corrected chi connectivity index (χ1v) is 10.1. The van der Waals surface area contributed by atoms with Crippen molar-refractivity contribution < 1.29 is 23.8 Å². The normalized spacial score (nSPS) is 10.2.